The average molecular weight is 297 g/mol. The Morgan fingerprint density at radius 1 is 1.19 bits per heavy atom. The predicted octanol–water partition coefficient (Wildman–Crippen LogP) is 1.04. The SMILES string of the molecule is CCOC(=O)C1CN(C(C)C)CCN1C1CCN(C)CC1. The highest BCUT2D eigenvalue weighted by Gasteiger charge is 2.38. The molecule has 5 heteroatoms. The molecule has 2 rings (SSSR count). The molecule has 21 heavy (non-hydrogen) atoms. The molecule has 0 spiro atoms. The van der Waals surface area contributed by atoms with Crippen LogP contribution in [0.5, 0.6) is 0 Å². The Balaban J connectivity index is 2.04. The number of hydrogen-bond acceptors (Lipinski definition) is 5. The van der Waals surface area contributed by atoms with E-state index in [0.717, 1.165) is 45.6 Å². The Kier molecular flexibility index (Phi) is 6.02. The van der Waals surface area contributed by atoms with Gasteiger partial charge in [0.2, 0.25) is 0 Å². The zero-order valence-corrected chi connectivity index (χ0v) is 14.0. The number of piperazine rings is 1. The molecule has 2 fully saturated rings. The number of rotatable bonds is 4. The van der Waals surface area contributed by atoms with Gasteiger partial charge in [0.25, 0.3) is 0 Å². The Bertz CT molecular complexity index is 340. The molecule has 0 aromatic rings. The smallest absolute Gasteiger partial charge is 0.324 e. The molecule has 0 N–H and O–H groups in total. The van der Waals surface area contributed by atoms with Gasteiger partial charge in [0.1, 0.15) is 6.04 Å². The second kappa shape index (κ2) is 7.56. The molecular weight excluding hydrogens is 266 g/mol. The van der Waals surface area contributed by atoms with E-state index in [2.05, 4.69) is 35.6 Å². The lowest BCUT2D eigenvalue weighted by Gasteiger charge is -2.47. The molecule has 2 aliphatic rings. The molecular formula is C16H31N3O2. The topological polar surface area (TPSA) is 36.0 Å². The van der Waals surface area contributed by atoms with E-state index >= 15 is 0 Å². The largest absolute Gasteiger partial charge is 0.465 e. The van der Waals surface area contributed by atoms with E-state index in [1.54, 1.807) is 0 Å². The van der Waals surface area contributed by atoms with Crippen molar-refractivity contribution >= 4 is 5.97 Å². The van der Waals surface area contributed by atoms with Crippen molar-refractivity contribution in [2.45, 2.75) is 51.7 Å². The first-order valence-electron chi connectivity index (χ1n) is 8.38. The first-order valence-corrected chi connectivity index (χ1v) is 8.38. The Hall–Kier alpha value is -0.650. The highest BCUT2D eigenvalue weighted by atomic mass is 16.5. The van der Waals surface area contributed by atoms with E-state index < -0.39 is 0 Å². The Morgan fingerprint density at radius 2 is 1.86 bits per heavy atom. The summed E-state index contributed by atoms with van der Waals surface area (Å²) in [5.74, 6) is -0.0400. The standard InChI is InChI=1S/C16H31N3O2/c1-5-21-16(20)15-12-18(13(2)3)10-11-19(15)14-6-8-17(4)9-7-14/h13-15H,5-12H2,1-4H3. The fraction of sp³-hybridized carbons (Fsp3) is 0.938. The summed E-state index contributed by atoms with van der Waals surface area (Å²) >= 11 is 0. The lowest BCUT2D eigenvalue weighted by molar-refractivity contribution is -0.154. The monoisotopic (exact) mass is 297 g/mol. The van der Waals surface area contributed by atoms with Crippen LogP contribution in [0.3, 0.4) is 0 Å². The van der Waals surface area contributed by atoms with Crippen molar-refractivity contribution in [3.63, 3.8) is 0 Å². The number of piperidine rings is 1. The molecule has 1 unspecified atom stereocenters. The summed E-state index contributed by atoms with van der Waals surface area (Å²) in [6, 6.07) is 0.931. The molecule has 0 aromatic heterocycles. The van der Waals surface area contributed by atoms with Crippen LogP contribution in [0.1, 0.15) is 33.6 Å². The second-order valence-corrected chi connectivity index (χ2v) is 6.63. The molecule has 0 aromatic carbocycles. The van der Waals surface area contributed by atoms with E-state index in [1.165, 1.54) is 0 Å². The van der Waals surface area contributed by atoms with Crippen molar-refractivity contribution in [2.24, 2.45) is 0 Å². The van der Waals surface area contributed by atoms with Gasteiger partial charge < -0.3 is 9.64 Å². The van der Waals surface area contributed by atoms with Crippen LogP contribution in [0, 0.1) is 0 Å². The van der Waals surface area contributed by atoms with E-state index in [1.807, 2.05) is 6.92 Å². The molecule has 122 valence electrons. The lowest BCUT2D eigenvalue weighted by atomic mass is 9.99. The molecule has 0 amide bonds. The molecule has 1 atom stereocenters. The molecule has 2 saturated heterocycles. The van der Waals surface area contributed by atoms with Gasteiger partial charge in [0.05, 0.1) is 6.61 Å². The minimum Gasteiger partial charge on any atom is -0.465 e. The van der Waals surface area contributed by atoms with Gasteiger partial charge in [-0.25, -0.2) is 0 Å². The minimum atomic E-state index is -0.0884. The number of carbonyl (C=O) groups excluding carboxylic acids is 1. The Morgan fingerprint density at radius 3 is 2.43 bits per heavy atom. The van der Waals surface area contributed by atoms with Crippen molar-refractivity contribution in [2.75, 3.05) is 46.4 Å². The number of hydrogen-bond donors (Lipinski definition) is 0. The first-order chi connectivity index (χ1) is 10.0. The van der Waals surface area contributed by atoms with Gasteiger partial charge in [-0.15, -0.1) is 0 Å². The maximum absolute atomic E-state index is 12.4. The van der Waals surface area contributed by atoms with E-state index in [9.17, 15) is 4.79 Å². The minimum absolute atomic E-state index is 0.0400. The predicted molar refractivity (Wildman–Crippen MR) is 84.4 cm³/mol. The zero-order chi connectivity index (χ0) is 15.4. The third kappa shape index (κ3) is 4.18. The van der Waals surface area contributed by atoms with Gasteiger partial charge in [0.15, 0.2) is 0 Å². The average Bonchev–Trinajstić information content (AvgIpc) is 2.47. The summed E-state index contributed by atoms with van der Waals surface area (Å²) < 4.78 is 5.33. The number of nitrogens with zero attached hydrogens (tertiary/aromatic N) is 3. The fourth-order valence-corrected chi connectivity index (χ4v) is 3.50. The van der Waals surface area contributed by atoms with Crippen molar-refractivity contribution in [1.29, 1.82) is 0 Å². The first kappa shape index (κ1) is 16.7. The van der Waals surface area contributed by atoms with Gasteiger partial charge in [-0.05, 0) is 53.8 Å². The number of ether oxygens (including phenoxy) is 1. The van der Waals surface area contributed by atoms with Crippen LogP contribution in [0.2, 0.25) is 0 Å². The second-order valence-electron chi connectivity index (χ2n) is 6.63. The molecule has 0 aliphatic carbocycles. The van der Waals surface area contributed by atoms with Gasteiger partial charge >= 0.3 is 5.97 Å². The summed E-state index contributed by atoms with van der Waals surface area (Å²) in [5.41, 5.74) is 0. The lowest BCUT2D eigenvalue weighted by Crippen LogP contribution is -2.62. The van der Waals surface area contributed by atoms with Crippen LogP contribution in [0.25, 0.3) is 0 Å². The summed E-state index contributed by atoms with van der Waals surface area (Å²) in [6.45, 7) is 11.9. The van der Waals surface area contributed by atoms with Crippen molar-refractivity contribution in [3.05, 3.63) is 0 Å². The molecule has 5 nitrogen and oxygen atoms in total. The van der Waals surface area contributed by atoms with Crippen LogP contribution in [0.4, 0.5) is 0 Å². The van der Waals surface area contributed by atoms with Crippen molar-refractivity contribution in [1.82, 2.24) is 14.7 Å². The highest BCUT2D eigenvalue weighted by Crippen LogP contribution is 2.23. The van der Waals surface area contributed by atoms with Crippen LogP contribution < -0.4 is 0 Å². The van der Waals surface area contributed by atoms with Crippen molar-refractivity contribution < 1.29 is 9.53 Å². The maximum Gasteiger partial charge on any atom is 0.324 e. The molecule has 0 bridgehead atoms. The van der Waals surface area contributed by atoms with Gasteiger partial charge in [-0.1, -0.05) is 0 Å². The maximum atomic E-state index is 12.4. The van der Waals surface area contributed by atoms with Crippen LogP contribution in [-0.2, 0) is 9.53 Å². The summed E-state index contributed by atoms with van der Waals surface area (Å²) in [6.07, 6.45) is 2.32. The van der Waals surface area contributed by atoms with Crippen molar-refractivity contribution in [3.8, 4) is 0 Å². The van der Waals surface area contributed by atoms with Crippen LogP contribution in [0.15, 0.2) is 0 Å². The number of likely N-dealkylation sites (tertiary alicyclic amines) is 1. The summed E-state index contributed by atoms with van der Waals surface area (Å²) in [5, 5.41) is 0. The quantitative estimate of drug-likeness (QED) is 0.725. The molecule has 0 radical (unpaired) electrons. The molecule has 2 aliphatic heterocycles. The van der Waals surface area contributed by atoms with E-state index in [4.69, 9.17) is 4.74 Å². The zero-order valence-electron chi connectivity index (χ0n) is 14.0. The Labute approximate surface area is 129 Å². The normalized spacial score (nSPS) is 27.2. The van der Waals surface area contributed by atoms with E-state index in [-0.39, 0.29) is 12.0 Å². The third-order valence-electron chi connectivity index (χ3n) is 4.90. The van der Waals surface area contributed by atoms with Crippen LogP contribution in [-0.4, -0.2) is 85.2 Å². The highest BCUT2D eigenvalue weighted by molar-refractivity contribution is 5.76. The fourth-order valence-electron chi connectivity index (χ4n) is 3.50. The third-order valence-corrected chi connectivity index (χ3v) is 4.90. The van der Waals surface area contributed by atoms with Gasteiger partial charge in [0, 0.05) is 31.7 Å². The molecule has 0 saturated carbocycles. The number of carbonyl (C=O) groups is 1. The summed E-state index contributed by atoms with van der Waals surface area (Å²) in [4.78, 5) is 19.6. The number of esters is 1. The van der Waals surface area contributed by atoms with Gasteiger partial charge in [-0.3, -0.25) is 14.6 Å². The van der Waals surface area contributed by atoms with Crippen LogP contribution >= 0.6 is 0 Å². The van der Waals surface area contributed by atoms with Gasteiger partial charge in [-0.2, -0.15) is 0 Å². The van der Waals surface area contributed by atoms with E-state index in [0.29, 0.717) is 18.7 Å². The molecule has 2 heterocycles. The summed E-state index contributed by atoms with van der Waals surface area (Å²) in [7, 11) is 2.18.